The van der Waals surface area contributed by atoms with E-state index >= 15 is 0 Å². The van der Waals surface area contributed by atoms with Crippen LogP contribution in [0, 0.1) is 0 Å². The van der Waals surface area contributed by atoms with E-state index < -0.39 is 24.4 Å². The minimum absolute atomic E-state index is 0.0353. The van der Waals surface area contributed by atoms with Gasteiger partial charge in [-0.05, 0) is 18.6 Å². The van der Waals surface area contributed by atoms with Crippen LogP contribution in [0.4, 0.5) is 0 Å². The fraction of sp³-hybridized carbons (Fsp3) is 0.944. The zero-order valence-electron chi connectivity index (χ0n) is 14.9. The van der Waals surface area contributed by atoms with Crippen molar-refractivity contribution in [3.63, 3.8) is 0 Å². The van der Waals surface area contributed by atoms with Crippen molar-refractivity contribution in [2.75, 3.05) is 13.2 Å². The predicted octanol–water partition coefficient (Wildman–Crippen LogP) is 2.73. The van der Waals surface area contributed by atoms with Crippen LogP contribution in [-0.2, 0) is 9.47 Å². The molecule has 0 bridgehead atoms. The number of aliphatic hydroxyl groups excluding tert-OH is 3. The van der Waals surface area contributed by atoms with Crippen LogP contribution in [-0.4, -0.2) is 58.0 Å². The summed E-state index contributed by atoms with van der Waals surface area (Å²) in [5, 5.41) is 29.5. The summed E-state index contributed by atoms with van der Waals surface area (Å²) in [5.41, 5.74) is 0. The fourth-order valence-corrected chi connectivity index (χ4v) is 3.21. The molecule has 0 spiro atoms. The second-order valence-corrected chi connectivity index (χ2v) is 7.10. The number of rotatable bonds is 12. The van der Waals surface area contributed by atoms with Crippen molar-refractivity contribution >= 4 is 17.3 Å². The number of aliphatic hydroxyl groups is 3. The molecule has 5 nitrogen and oxygen atoms in total. The Morgan fingerprint density at radius 3 is 2.21 bits per heavy atom. The van der Waals surface area contributed by atoms with Gasteiger partial charge in [0.2, 0.25) is 0 Å². The van der Waals surface area contributed by atoms with Crippen LogP contribution in [0.2, 0.25) is 0 Å². The van der Waals surface area contributed by atoms with Crippen LogP contribution in [0.25, 0.3) is 0 Å². The Bertz CT molecular complexity index is 339. The number of hydrogen-bond acceptors (Lipinski definition) is 6. The molecule has 3 N–H and O–H groups in total. The Hall–Kier alpha value is -0.270. The van der Waals surface area contributed by atoms with Gasteiger partial charge in [0.05, 0.1) is 13.2 Å². The molecule has 1 aliphatic rings. The normalized spacial score (nSPS) is 27.2. The Kier molecular flexibility index (Phi) is 11.8. The summed E-state index contributed by atoms with van der Waals surface area (Å²) in [5.74, 6) is 0. The lowest BCUT2D eigenvalue weighted by atomic mass is 10.0. The van der Waals surface area contributed by atoms with Crippen molar-refractivity contribution in [2.24, 2.45) is 0 Å². The van der Waals surface area contributed by atoms with E-state index in [0.717, 1.165) is 12.8 Å². The van der Waals surface area contributed by atoms with E-state index in [4.69, 9.17) is 26.8 Å². The highest BCUT2D eigenvalue weighted by Crippen LogP contribution is 2.20. The van der Waals surface area contributed by atoms with Crippen molar-refractivity contribution < 1.29 is 24.8 Å². The lowest BCUT2D eigenvalue weighted by molar-refractivity contribution is -0.190. The topological polar surface area (TPSA) is 79.2 Å². The van der Waals surface area contributed by atoms with Crippen molar-refractivity contribution in [2.45, 2.75) is 95.5 Å². The first-order valence-electron chi connectivity index (χ1n) is 9.38. The van der Waals surface area contributed by atoms with Gasteiger partial charge in [0, 0.05) is 6.42 Å². The summed E-state index contributed by atoms with van der Waals surface area (Å²) >= 11 is 5.22. The quantitative estimate of drug-likeness (QED) is 0.366. The molecule has 1 fully saturated rings. The number of ether oxygens (including phenoxy) is 2. The summed E-state index contributed by atoms with van der Waals surface area (Å²) < 4.78 is 10.7. The number of hydrogen-bond donors (Lipinski definition) is 3. The molecule has 0 aromatic rings. The molecule has 0 saturated carbocycles. The van der Waals surface area contributed by atoms with Crippen LogP contribution in [0.5, 0.6) is 0 Å². The number of unbranched alkanes of at least 4 members (excludes halogenated alkanes) is 8. The highest BCUT2D eigenvalue weighted by molar-refractivity contribution is 7.80. The molecule has 0 aromatic carbocycles. The standard InChI is InChI=1S/C18H34O5S/c1-2-3-4-5-6-7-8-9-10-11-16(24)23-18-14(20)13-22-15(12-19)17(18)21/h14-15,17-21H,2-13H2,1H3/t14-,15+,17+,18+/m0/s1. The highest BCUT2D eigenvalue weighted by atomic mass is 32.1. The third-order valence-corrected chi connectivity index (χ3v) is 4.81. The van der Waals surface area contributed by atoms with Gasteiger partial charge in [-0.15, -0.1) is 0 Å². The smallest absolute Gasteiger partial charge is 0.160 e. The Morgan fingerprint density at radius 1 is 1.04 bits per heavy atom. The fourth-order valence-electron chi connectivity index (χ4n) is 2.95. The zero-order valence-corrected chi connectivity index (χ0v) is 15.7. The van der Waals surface area contributed by atoms with Crippen LogP contribution in [0.15, 0.2) is 0 Å². The van der Waals surface area contributed by atoms with E-state index in [9.17, 15) is 10.2 Å². The molecule has 0 aromatic heterocycles. The van der Waals surface area contributed by atoms with Crippen LogP contribution < -0.4 is 0 Å². The SMILES string of the molecule is CCCCCCCCCCCC(=S)O[C@H]1[C@H](O)[C@@H](CO)OC[C@@H]1O. The van der Waals surface area contributed by atoms with Gasteiger partial charge in [-0.2, -0.15) is 0 Å². The first-order chi connectivity index (χ1) is 11.6. The predicted molar refractivity (Wildman–Crippen MR) is 98.2 cm³/mol. The molecule has 142 valence electrons. The average molecular weight is 363 g/mol. The van der Waals surface area contributed by atoms with Gasteiger partial charge in [-0.3, -0.25) is 0 Å². The molecule has 6 heteroatoms. The maximum atomic E-state index is 10.0. The lowest BCUT2D eigenvalue weighted by Gasteiger charge is -2.37. The van der Waals surface area contributed by atoms with Gasteiger partial charge in [-0.25, -0.2) is 0 Å². The minimum atomic E-state index is -1.07. The second-order valence-electron chi connectivity index (χ2n) is 6.65. The monoisotopic (exact) mass is 362 g/mol. The zero-order chi connectivity index (χ0) is 17.8. The third-order valence-electron chi connectivity index (χ3n) is 4.51. The lowest BCUT2D eigenvalue weighted by Crippen LogP contribution is -2.55. The molecule has 24 heavy (non-hydrogen) atoms. The van der Waals surface area contributed by atoms with Crippen molar-refractivity contribution in [1.82, 2.24) is 0 Å². The number of thiocarbonyl (C=S) groups is 1. The maximum absolute atomic E-state index is 10.0. The molecule has 1 heterocycles. The summed E-state index contributed by atoms with van der Waals surface area (Å²) in [6, 6.07) is 0. The van der Waals surface area contributed by atoms with E-state index in [1.165, 1.54) is 44.9 Å². The molecule has 0 unspecified atom stereocenters. The Labute approximate surface area is 151 Å². The van der Waals surface area contributed by atoms with E-state index in [2.05, 4.69) is 6.92 Å². The van der Waals surface area contributed by atoms with Gasteiger partial charge >= 0.3 is 0 Å². The molecule has 4 atom stereocenters. The summed E-state index contributed by atoms with van der Waals surface area (Å²) in [4.78, 5) is 0. The molecule has 0 amide bonds. The van der Waals surface area contributed by atoms with E-state index in [1.807, 2.05) is 0 Å². The molecule has 0 radical (unpaired) electrons. The molecular formula is C18H34O5S. The van der Waals surface area contributed by atoms with Crippen molar-refractivity contribution in [3.8, 4) is 0 Å². The maximum Gasteiger partial charge on any atom is 0.160 e. The summed E-state index contributed by atoms with van der Waals surface area (Å²) in [6.07, 6.45) is 8.30. The van der Waals surface area contributed by atoms with Gasteiger partial charge < -0.3 is 24.8 Å². The highest BCUT2D eigenvalue weighted by Gasteiger charge is 2.40. The summed E-state index contributed by atoms with van der Waals surface area (Å²) in [7, 11) is 0. The molecule has 1 rings (SSSR count). The first-order valence-corrected chi connectivity index (χ1v) is 9.79. The second kappa shape index (κ2) is 13.0. The molecule has 0 aliphatic carbocycles. The van der Waals surface area contributed by atoms with Crippen molar-refractivity contribution in [3.05, 3.63) is 0 Å². The molecule has 1 aliphatic heterocycles. The van der Waals surface area contributed by atoms with Gasteiger partial charge in [0.15, 0.2) is 11.2 Å². The Balaban J connectivity index is 2.10. The van der Waals surface area contributed by atoms with E-state index in [0.29, 0.717) is 11.5 Å². The van der Waals surface area contributed by atoms with Crippen LogP contribution >= 0.6 is 12.2 Å². The van der Waals surface area contributed by atoms with Crippen molar-refractivity contribution in [1.29, 1.82) is 0 Å². The molecule has 1 saturated heterocycles. The first kappa shape index (κ1) is 21.8. The van der Waals surface area contributed by atoms with Gasteiger partial charge in [0.1, 0.15) is 18.3 Å². The third kappa shape index (κ3) is 8.21. The largest absolute Gasteiger partial charge is 0.478 e. The Morgan fingerprint density at radius 2 is 1.62 bits per heavy atom. The average Bonchev–Trinajstić information content (AvgIpc) is 2.57. The van der Waals surface area contributed by atoms with E-state index in [-0.39, 0.29) is 13.2 Å². The van der Waals surface area contributed by atoms with Crippen LogP contribution in [0.3, 0.4) is 0 Å². The molecular weight excluding hydrogens is 328 g/mol. The van der Waals surface area contributed by atoms with Crippen LogP contribution in [0.1, 0.15) is 71.1 Å². The van der Waals surface area contributed by atoms with E-state index in [1.54, 1.807) is 0 Å². The summed E-state index contributed by atoms with van der Waals surface area (Å²) in [6.45, 7) is 1.96. The minimum Gasteiger partial charge on any atom is -0.478 e. The van der Waals surface area contributed by atoms with Gasteiger partial charge in [-0.1, -0.05) is 58.3 Å². The van der Waals surface area contributed by atoms with Gasteiger partial charge in [0.25, 0.3) is 0 Å².